The van der Waals surface area contributed by atoms with Gasteiger partial charge in [-0.05, 0) is 67.8 Å². The Hall–Kier alpha value is -3.45. The molecular weight excluding hydrogens is 388 g/mol. The predicted octanol–water partition coefficient (Wildman–Crippen LogP) is 3.79. The van der Waals surface area contributed by atoms with Gasteiger partial charge in [-0.2, -0.15) is 0 Å². The molecule has 1 aromatic carbocycles. The Morgan fingerprint density at radius 2 is 2.06 bits per heavy atom. The van der Waals surface area contributed by atoms with Gasteiger partial charge in [0, 0.05) is 42.0 Å². The molecular formula is C24H26N6O. The molecule has 0 saturated carbocycles. The number of likely N-dealkylation sites (N-methyl/N-ethyl adjacent to an activating group) is 1. The summed E-state index contributed by atoms with van der Waals surface area (Å²) < 4.78 is 6.03. The number of fused-ring (bicyclic) bond motifs is 2. The molecule has 0 aliphatic carbocycles. The number of nitrogens with zero attached hydrogens (tertiary/aromatic N) is 4. The average molecular weight is 415 g/mol. The highest BCUT2D eigenvalue weighted by Gasteiger charge is 2.18. The van der Waals surface area contributed by atoms with Crippen LogP contribution in [0.5, 0.6) is 5.88 Å². The third kappa shape index (κ3) is 3.61. The fraction of sp³-hybridized carbons (Fsp3) is 0.292. The summed E-state index contributed by atoms with van der Waals surface area (Å²) in [7, 11) is 2.16. The molecule has 1 aliphatic rings. The van der Waals surface area contributed by atoms with Crippen LogP contribution in [-0.4, -0.2) is 38.4 Å². The minimum Gasteiger partial charge on any atom is -0.470 e. The second kappa shape index (κ2) is 7.67. The van der Waals surface area contributed by atoms with Gasteiger partial charge >= 0.3 is 0 Å². The molecule has 3 N–H and O–H groups in total. The van der Waals surface area contributed by atoms with Gasteiger partial charge in [-0.15, -0.1) is 0 Å². The Morgan fingerprint density at radius 3 is 2.94 bits per heavy atom. The summed E-state index contributed by atoms with van der Waals surface area (Å²) in [5.74, 6) is 0.641. The normalized spacial score (nSPS) is 14.0. The number of pyridine rings is 1. The molecule has 158 valence electrons. The highest BCUT2D eigenvalue weighted by molar-refractivity contribution is 5.83. The average Bonchev–Trinajstić information content (AvgIpc) is 3.15. The van der Waals surface area contributed by atoms with Crippen LogP contribution < -0.4 is 10.5 Å². The molecule has 0 radical (unpaired) electrons. The van der Waals surface area contributed by atoms with E-state index in [0.29, 0.717) is 12.5 Å². The zero-order valence-electron chi connectivity index (χ0n) is 18.1. The van der Waals surface area contributed by atoms with Crippen molar-refractivity contribution in [1.29, 1.82) is 0 Å². The maximum Gasteiger partial charge on any atom is 0.258 e. The molecule has 7 nitrogen and oxygen atoms in total. The number of benzene rings is 1. The van der Waals surface area contributed by atoms with Crippen molar-refractivity contribution >= 4 is 16.9 Å². The van der Waals surface area contributed by atoms with Crippen molar-refractivity contribution in [2.45, 2.75) is 33.4 Å². The SMILES string of the molecule is Cc1cc(-c2cnc(N)c(OCc3ccnc4[nH]cc(C)c34)n2)cc2c1CN(C)CC2. The minimum atomic E-state index is 0.288. The molecule has 1 aliphatic heterocycles. The van der Waals surface area contributed by atoms with Crippen LogP contribution in [0.3, 0.4) is 0 Å². The van der Waals surface area contributed by atoms with Crippen LogP contribution in [0.15, 0.2) is 36.8 Å². The lowest BCUT2D eigenvalue weighted by atomic mass is 9.92. The summed E-state index contributed by atoms with van der Waals surface area (Å²) >= 11 is 0. The quantitative estimate of drug-likeness (QED) is 0.528. The van der Waals surface area contributed by atoms with Crippen LogP contribution in [0.1, 0.15) is 27.8 Å². The van der Waals surface area contributed by atoms with E-state index in [0.717, 1.165) is 52.9 Å². The van der Waals surface area contributed by atoms with E-state index in [1.54, 1.807) is 12.4 Å². The Balaban J connectivity index is 1.45. The van der Waals surface area contributed by atoms with E-state index in [1.165, 1.54) is 16.7 Å². The smallest absolute Gasteiger partial charge is 0.258 e. The van der Waals surface area contributed by atoms with Crippen molar-refractivity contribution in [3.63, 3.8) is 0 Å². The van der Waals surface area contributed by atoms with E-state index in [9.17, 15) is 0 Å². The number of aromatic nitrogens is 4. The molecule has 0 saturated heterocycles. The van der Waals surface area contributed by atoms with E-state index >= 15 is 0 Å². The van der Waals surface area contributed by atoms with E-state index < -0.39 is 0 Å². The molecule has 0 atom stereocenters. The van der Waals surface area contributed by atoms with Crippen molar-refractivity contribution in [2.24, 2.45) is 0 Å². The molecule has 0 spiro atoms. The first-order valence-electron chi connectivity index (χ1n) is 10.5. The lowest BCUT2D eigenvalue weighted by Crippen LogP contribution is -2.27. The number of anilines is 1. The summed E-state index contributed by atoms with van der Waals surface area (Å²) in [6.07, 6.45) is 6.49. The second-order valence-corrected chi connectivity index (χ2v) is 8.32. The standard InChI is InChI=1S/C24H26N6O/c1-14-8-18(9-16-5-7-30(3)12-19(14)16)20-11-27-22(25)24(29-20)31-13-17-4-6-26-23-21(17)15(2)10-28-23/h4,6,8-11H,5,7,12-13H2,1-3H3,(H2,25,27)(H,26,28). The summed E-state index contributed by atoms with van der Waals surface area (Å²) in [6, 6.07) is 6.37. The largest absolute Gasteiger partial charge is 0.470 e. The van der Waals surface area contributed by atoms with Crippen LogP contribution in [0.25, 0.3) is 22.3 Å². The number of aryl methyl sites for hydroxylation is 2. The third-order valence-electron chi connectivity index (χ3n) is 6.04. The van der Waals surface area contributed by atoms with Crippen molar-refractivity contribution in [2.75, 3.05) is 19.3 Å². The summed E-state index contributed by atoms with van der Waals surface area (Å²) in [6.45, 7) is 6.61. The number of hydrogen-bond donors (Lipinski definition) is 2. The molecule has 0 bridgehead atoms. The topological polar surface area (TPSA) is 92.9 Å². The first-order chi connectivity index (χ1) is 15.0. The van der Waals surface area contributed by atoms with Crippen molar-refractivity contribution < 1.29 is 4.74 Å². The Kier molecular flexibility index (Phi) is 4.82. The predicted molar refractivity (Wildman–Crippen MR) is 122 cm³/mol. The lowest BCUT2D eigenvalue weighted by molar-refractivity contribution is 0.296. The Morgan fingerprint density at radius 1 is 1.19 bits per heavy atom. The van der Waals surface area contributed by atoms with Gasteiger partial charge < -0.3 is 20.4 Å². The van der Waals surface area contributed by atoms with E-state index in [-0.39, 0.29) is 5.82 Å². The first-order valence-corrected chi connectivity index (χ1v) is 10.5. The number of hydrogen-bond acceptors (Lipinski definition) is 6. The van der Waals surface area contributed by atoms with E-state index in [1.807, 2.05) is 12.3 Å². The molecule has 0 fully saturated rings. The Labute approximate surface area is 181 Å². The highest BCUT2D eigenvalue weighted by atomic mass is 16.5. The van der Waals surface area contributed by atoms with Gasteiger partial charge in [-0.3, -0.25) is 0 Å². The molecule has 4 heterocycles. The first kappa shape index (κ1) is 19.5. The van der Waals surface area contributed by atoms with Gasteiger partial charge in [0.2, 0.25) is 0 Å². The molecule has 0 unspecified atom stereocenters. The molecule has 7 heteroatoms. The molecule has 5 rings (SSSR count). The zero-order valence-corrected chi connectivity index (χ0v) is 18.1. The summed E-state index contributed by atoms with van der Waals surface area (Å²) in [5, 5.41) is 1.07. The van der Waals surface area contributed by atoms with Crippen LogP contribution in [-0.2, 0) is 19.6 Å². The number of ether oxygens (including phenoxy) is 1. The molecule has 4 aromatic rings. The van der Waals surface area contributed by atoms with Crippen LogP contribution in [0, 0.1) is 13.8 Å². The fourth-order valence-corrected chi connectivity index (χ4v) is 4.34. The van der Waals surface area contributed by atoms with Gasteiger partial charge in [0.15, 0.2) is 5.82 Å². The van der Waals surface area contributed by atoms with Crippen molar-refractivity contribution in [3.8, 4) is 17.1 Å². The van der Waals surface area contributed by atoms with E-state index in [4.69, 9.17) is 15.5 Å². The van der Waals surface area contributed by atoms with Gasteiger partial charge in [0.25, 0.3) is 5.88 Å². The number of H-pyrrole nitrogens is 1. The van der Waals surface area contributed by atoms with Crippen LogP contribution >= 0.6 is 0 Å². The van der Waals surface area contributed by atoms with Gasteiger partial charge in [-0.25, -0.2) is 15.0 Å². The van der Waals surface area contributed by atoms with Crippen LogP contribution in [0.2, 0.25) is 0 Å². The minimum absolute atomic E-state index is 0.288. The van der Waals surface area contributed by atoms with Crippen molar-refractivity contribution in [1.82, 2.24) is 24.8 Å². The van der Waals surface area contributed by atoms with Gasteiger partial charge in [-0.1, -0.05) is 0 Å². The zero-order chi connectivity index (χ0) is 21.5. The van der Waals surface area contributed by atoms with E-state index in [2.05, 4.69) is 52.9 Å². The number of nitrogens with one attached hydrogen (secondary N) is 1. The Bertz CT molecular complexity index is 1280. The molecule has 0 amide bonds. The number of rotatable bonds is 4. The third-order valence-corrected chi connectivity index (χ3v) is 6.04. The highest BCUT2D eigenvalue weighted by Crippen LogP contribution is 2.30. The molecule has 3 aromatic heterocycles. The monoisotopic (exact) mass is 414 g/mol. The number of nitrogen functional groups attached to an aromatic ring is 1. The number of nitrogens with two attached hydrogens (primary N) is 1. The maximum atomic E-state index is 6.09. The lowest BCUT2D eigenvalue weighted by Gasteiger charge is -2.27. The molecule has 31 heavy (non-hydrogen) atoms. The van der Waals surface area contributed by atoms with Crippen LogP contribution in [0.4, 0.5) is 5.82 Å². The summed E-state index contributed by atoms with van der Waals surface area (Å²) in [4.78, 5) is 19.0. The van der Waals surface area contributed by atoms with Gasteiger partial charge in [0.05, 0.1) is 11.9 Å². The maximum absolute atomic E-state index is 6.09. The summed E-state index contributed by atoms with van der Waals surface area (Å²) in [5.41, 5.74) is 15.0. The van der Waals surface area contributed by atoms with Gasteiger partial charge in [0.1, 0.15) is 12.3 Å². The number of aromatic amines is 1. The second-order valence-electron chi connectivity index (χ2n) is 8.32. The fourth-order valence-electron chi connectivity index (χ4n) is 4.34. The van der Waals surface area contributed by atoms with Crippen molar-refractivity contribution in [3.05, 3.63) is 64.6 Å².